The zero-order valence-corrected chi connectivity index (χ0v) is 15.7. The van der Waals surface area contributed by atoms with Crippen molar-refractivity contribution < 1.29 is 4.79 Å². The molecule has 2 aromatic rings. The van der Waals surface area contributed by atoms with E-state index in [9.17, 15) is 9.59 Å². The lowest BCUT2D eigenvalue weighted by Gasteiger charge is -2.12. The number of carbonyl (C=O) groups is 1. The summed E-state index contributed by atoms with van der Waals surface area (Å²) in [4.78, 5) is 29.1. The molecule has 0 aliphatic heterocycles. The van der Waals surface area contributed by atoms with Crippen LogP contribution in [0.3, 0.4) is 0 Å². The fourth-order valence-corrected chi connectivity index (χ4v) is 3.37. The van der Waals surface area contributed by atoms with Crippen LogP contribution in [0, 0.1) is 0 Å². The molecule has 2 rings (SSSR count). The van der Waals surface area contributed by atoms with Crippen LogP contribution in [0.5, 0.6) is 0 Å². The molecular formula is C16H20BrN3O2S. The number of halogens is 1. The van der Waals surface area contributed by atoms with Crippen molar-refractivity contribution in [3.05, 3.63) is 33.0 Å². The van der Waals surface area contributed by atoms with E-state index in [0.29, 0.717) is 29.1 Å². The van der Waals surface area contributed by atoms with Crippen molar-refractivity contribution in [2.24, 2.45) is 0 Å². The van der Waals surface area contributed by atoms with Crippen LogP contribution in [-0.2, 0) is 11.3 Å². The SMILES string of the molecule is CCCNC(=O)CSc1nc2ccc(Br)cc2c(=O)n1CCC. The number of benzene rings is 1. The lowest BCUT2D eigenvalue weighted by atomic mass is 10.2. The van der Waals surface area contributed by atoms with Gasteiger partial charge in [0, 0.05) is 17.6 Å². The second kappa shape index (κ2) is 8.49. The van der Waals surface area contributed by atoms with Crippen molar-refractivity contribution in [2.45, 2.75) is 38.4 Å². The van der Waals surface area contributed by atoms with Crippen LogP contribution in [-0.4, -0.2) is 27.8 Å². The van der Waals surface area contributed by atoms with Gasteiger partial charge in [-0.05, 0) is 31.0 Å². The van der Waals surface area contributed by atoms with Gasteiger partial charge >= 0.3 is 0 Å². The van der Waals surface area contributed by atoms with Crippen LogP contribution in [0.1, 0.15) is 26.7 Å². The van der Waals surface area contributed by atoms with E-state index < -0.39 is 0 Å². The van der Waals surface area contributed by atoms with Gasteiger partial charge < -0.3 is 5.32 Å². The Morgan fingerprint density at radius 1 is 1.35 bits per heavy atom. The molecular weight excluding hydrogens is 378 g/mol. The van der Waals surface area contributed by atoms with Crippen molar-refractivity contribution in [1.29, 1.82) is 0 Å². The molecule has 0 spiro atoms. The van der Waals surface area contributed by atoms with Crippen molar-refractivity contribution >= 4 is 44.5 Å². The van der Waals surface area contributed by atoms with Gasteiger partial charge in [-0.25, -0.2) is 4.98 Å². The number of aromatic nitrogens is 2. The maximum Gasteiger partial charge on any atom is 0.262 e. The fraction of sp³-hybridized carbons (Fsp3) is 0.438. The molecule has 0 saturated heterocycles. The molecule has 0 saturated carbocycles. The standard InChI is InChI=1S/C16H20BrN3O2S/c1-3-7-18-14(21)10-23-16-19-13-6-5-11(17)9-12(13)15(22)20(16)8-4-2/h5-6,9H,3-4,7-8,10H2,1-2H3,(H,18,21). The van der Waals surface area contributed by atoms with Crippen molar-refractivity contribution in [3.8, 4) is 0 Å². The summed E-state index contributed by atoms with van der Waals surface area (Å²) in [7, 11) is 0. The summed E-state index contributed by atoms with van der Waals surface area (Å²) in [5.74, 6) is 0.225. The highest BCUT2D eigenvalue weighted by Crippen LogP contribution is 2.20. The molecule has 5 nitrogen and oxygen atoms in total. The van der Waals surface area contributed by atoms with Gasteiger partial charge in [0.25, 0.3) is 5.56 Å². The summed E-state index contributed by atoms with van der Waals surface area (Å²) < 4.78 is 2.51. The van der Waals surface area contributed by atoms with E-state index >= 15 is 0 Å². The third kappa shape index (κ3) is 4.57. The Balaban J connectivity index is 2.34. The van der Waals surface area contributed by atoms with Crippen LogP contribution in [0.15, 0.2) is 32.6 Å². The van der Waals surface area contributed by atoms with Gasteiger partial charge in [0.1, 0.15) is 0 Å². The van der Waals surface area contributed by atoms with Crippen molar-refractivity contribution in [1.82, 2.24) is 14.9 Å². The average Bonchev–Trinajstić information content (AvgIpc) is 2.54. The number of fused-ring (bicyclic) bond motifs is 1. The van der Waals surface area contributed by atoms with Gasteiger partial charge in [-0.15, -0.1) is 0 Å². The van der Waals surface area contributed by atoms with Crippen LogP contribution in [0.2, 0.25) is 0 Å². The van der Waals surface area contributed by atoms with Gasteiger partial charge in [-0.1, -0.05) is 41.5 Å². The van der Waals surface area contributed by atoms with Crippen LogP contribution < -0.4 is 10.9 Å². The van der Waals surface area contributed by atoms with E-state index in [0.717, 1.165) is 17.3 Å². The van der Waals surface area contributed by atoms with Crippen LogP contribution in [0.4, 0.5) is 0 Å². The highest BCUT2D eigenvalue weighted by Gasteiger charge is 2.13. The van der Waals surface area contributed by atoms with Crippen molar-refractivity contribution in [2.75, 3.05) is 12.3 Å². The number of nitrogens with zero attached hydrogens (tertiary/aromatic N) is 2. The number of hydrogen-bond donors (Lipinski definition) is 1. The van der Waals surface area contributed by atoms with E-state index in [-0.39, 0.29) is 17.2 Å². The third-order valence-corrected chi connectivity index (χ3v) is 4.70. The second-order valence-electron chi connectivity index (χ2n) is 5.15. The zero-order valence-electron chi connectivity index (χ0n) is 13.3. The minimum Gasteiger partial charge on any atom is -0.355 e. The maximum absolute atomic E-state index is 12.7. The molecule has 1 aromatic heterocycles. The fourth-order valence-electron chi connectivity index (χ4n) is 2.15. The highest BCUT2D eigenvalue weighted by atomic mass is 79.9. The molecule has 0 unspecified atom stereocenters. The molecule has 1 heterocycles. The largest absolute Gasteiger partial charge is 0.355 e. The number of rotatable bonds is 7. The third-order valence-electron chi connectivity index (χ3n) is 3.23. The summed E-state index contributed by atoms with van der Waals surface area (Å²) in [6, 6.07) is 5.47. The molecule has 23 heavy (non-hydrogen) atoms. The molecule has 1 N–H and O–H groups in total. The van der Waals surface area contributed by atoms with E-state index in [4.69, 9.17) is 0 Å². The predicted molar refractivity (Wildman–Crippen MR) is 98.0 cm³/mol. The average molecular weight is 398 g/mol. The van der Waals surface area contributed by atoms with Gasteiger partial charge in [-0.2, -0.15) is 0 Å². The summed E-state index contributed by atoms with van der Waals surface area (Å²) >= 11 is 4.70. The Kier molecular flexibility index (Phi) is 6.65. The maximum atomic E-state index is 12.7. The molecule has 0 fully saturated rings. The molecule has 0 aliphatic carbocycles. The molecule has 1 amide bonds. The van der Waals surface area contributed by atoms with E-state index in [1.165, 1.54) is 11.8 Å². The summed E-state index contributed by atoms with van der Waals surface area (Å²) in [6.07, 6.45) is 1.73. The predicted octanol–water partition coefficient (Wildman–Crippen LogP) is 3.19. The molecule has 1 aromatic carbocycles. The molecule has 0 aliphatic rings. The first kappa shape index (κ1) is 18.0. The number of amides is 1. The summed E-state index contributed by atoms with van der Waals surface area (Å²) in [5, 5.41) is 4.02. The normalized spacial score (nSPS) is 10.9. The Morgan fingerprint density at radius 3 is 2.83 bits per heavy atom. The van der Waals surface area contributed by atoms with Crippen LogP contribution in [0.25, 0.3) is 10.9 Å². The summed E-state index contributed by atoms with van der Waals surface area (Å²) in [5.41, 5.74) is 0.594. The molecule has 0 atom stereocenters. The number of thioether (sulfide) groups is 1. The Bertz CT molecular complexity index is 761. The monoisotopic (exact) mass is 397 g/mol. The van der Waals surface area contributed by atoms with Gasteiger partial charge in [0.15, 0.2) is 5.16 Å². The second-order valence-corrected chi connectivity index (χ2v) is 7.01. The lowest BCUT2D eigenvalue weighted by Crippen LogP contribution is -2.27. The Hall–Kier alpha value is -1.34. The molecule has 7 heteroatoms. The van der Waals surface area contributed by atoms with E-state index in [1.54, 1.807) is 10.6 Å². The van der Waals surface area contributed by atoms with Gasteiger partial charge in [0.2, 0.25) is 5.91 Å². The first-order valence-electron chi connectivity index (χ1n) is 7.66. The number of carbonyl (C=O) groups excluding carboxylic acids is 1. The molecule has 124 valence electrons. The first-order valence-corrected chi connectivity index (χ1v) is 9.44. The van der Waals surface area contributed by atoms with Gasteiger partial charge in [-0.3, -0.25) is 14.2 Å². The van der Waals surface area contributed by atoms with Gasteiger partial charge in [0.05, 0.1) is 16.7 Å². The number of nitrogens with one attached hydrogen (secondary N) is 1. The lowest BCUT2D eigenvalue weighted by molar-refractivity contribution is -0.118. The minimum atomic E-state index is -0.0605. The molecule has 0 radical (unpaired) electrons. The van der Waals surface area contributed by atoms with E-state index in [1.807, 2.05) is 26.0 Å². The first-order chi connectivity index (χ1) is 11.1. The highest BCUT2D eigenvalue weighted by molar-refractivity contribution is 9.10. The Labute approximate surface area is 148 Å². The van der Waals surface area contributed by atoms with Crippen LogP contribution >= 0.6 is 27.7 Å². The Morgan fingerprint density at radius 2 is 2.13 bits per heavy atom. The van der Waals surface area contributed by atoms with E-state index in [2.05, 4.69) is 26.2 Å². The quantitative estimate of drug-likeness (QED) is 0.575. The number of hydrogen-bond acceptors (Lipinski definition) is 4. The topological polar surface area (TPSA) is 64.0 Å². The smallest absolute Gasteiger partial charge is 0.262 e. The zero-order chi connectivity index (χ0) is 16.8. The minimum absolute atomic E-state index is 0.0370. The summed E-state index contributed by atoms with van der Waals surface area (Å²) in [6.45, 7) is 5.28. The van der Waals surface area contributed by atoms with Crippen molar-refractivity contribution in [3.63, 3.8) is 0 Å². The molecule has 0 bridgehead atoms.